The highest BCUT2D eigenvalue weighted by Crippen LogP contribution is 2.17. The van der Waals surface area contributed by atoms with E-state index >= 15 is 0 Å². The number of carboxylic acid groups (broad SMARTS) is 1. The molecule has 0 aromatic heterocycles. The van der Waals surface area contributed by atoms with Gasteiger partial charge in [0.1, 0.15) is 17.7 Å². The normalized spacial score (nSPS) is 17.7. The Kier molecular flexibility index (Phi) is 7.56. The van der Waals surface area contributed by atoms with Crippen LogP contribution in [0.2, 0.25) is 0 Å². The number of ether oxygens (including phenoxy) is 1. The summed E-state index contributed by atoms with van der Waals surface area (Å²) in [7, 11) is 0. The van der Waals surface area contributed by atoms with Crippen LogP contribution in [0.3, 0.4) is 0 Å². The van der Waals surface area contributed by atoms with Crippen molar-refractivity contribution in [1.82, 2.24) is 15.5 Å². The Balaban J connectivity index is 2.65. The van der Waals surface area contributed by atoms with Gasteiger partial charge in [-0.1, -0.05) is 0 Å². The Hall–Kier alpha value is -2.85. The third kappa shape index (κ3) is 7.50. The average molecular weight is 386 g/mol. The van der Waals surface area contributed by atoms with Gasteiger partial charge in [0.05, 0.1) is 13.0 Å². The molecule has 11 nitrogen and oxygen atoms in total. The molecule has 1 rings (SSSR count). The highest BCUT2D eigenvalue weighted by Gasteiger charge is 2.34. The first-order valence-electron chi connectivity index (χ1n) is 8.48. The molecule has 27 heavy (non-hydrogen) atoms. The summed E-state index contributed by atoms with van der Waals surface area (Å²) in [6.07, 6.45) is -0.498. The number of nitrogens with one attached hydrogen (secondary N) is 2. The fourth-order valence-corrected chi connectivity index (χ4v) is 2.57. The van der Waals surface area contributed by atoms with Crippen molar-refractivity contribution in [3.05, 3.63) is 0 Å². The van der Waals surface area contributed by atoms with Gasteiger partial charge >= 0.3 is 12.1 Å². The van der Waals surface area contributed by atoms with Crippen molar-refractivity contribution in [2.24, 2.45) is 5.73 Å². The van der Waals surface area contributed by atoms with Crippen molar-refractivity contribution in [2.75, 3.05) is 13.1 Å². The van der Waals surface area contributed by atoms with Crippen LogP contribution in [0, 0.1) is 0 Å². The molecule has 0 aliphatic carbocycles. The van der Waals surface area contributed by atoms with Crippen LogP contribution in [0.25, 0.3) is 0 Å². The lowest BCUT2D eigenvalue weighted by Gasteiger charge is -2.24. The van der Waals surface area contributed by atoms with E-state index in [0.29, 0.717) is 12.8 Å². The number of nitrogens with zero attached hydrogens (tertiary/aromatic N) is 1. The Labute approximate surface area is 156 Å². The van der Waals surface area contributed by atoms with Crippen LogP contribution < -0.4 is 16.4 Å². The third-order valence-corrected chi connectivity index (χ3v) is 3.68. The summed E-state index contributed by atoms with van der Waals surface area (Å²) in [6.45, 7) is 4.70. The Morgan fingerprint density at radius 3 is 2.41 bits per heavy atom. The topological polar surface area (TPSA) is 168 Å². The second-order valence-corrected chi connectivity index (χ2v) is 7.17. The summed E-state index contributed by atoms with van der Waals surface area (Å²) in [5, 5.41) is 13.6. The number of likely N-dealkylation sites (tertiary alicyclic amines) is 1. The zero-order valence-electron chi connectivity index (χ0n) is 15.6. The summed E-state index contributed by atoms with van der Waals surface area (Å²) in [4.78, 5) is 59.7. The SMILES string of the molecule is CC(C)(C)OC(=O)N[C@@H](CC(N)=O)C(=O)NCC(=O)N1CCC[C@H]1C(=O)O. The monoisotopic (exact) mass is 386 g/mol. The maximum Gasteiger partial charge on any atom is 0.408 e. The van der Waals surface area contributed by atoms with Gasteiger partial charge in [-0.15, -0.1) is 0 Å². The van der Waals surface area contributed by atoms with E-state index in [1.165, 1.54) is 4.90 Å². The van der Waals surface area contributed by atoms with Crippen molar-refractivity contribution >= 4 is 29.8 Å². The van der Waals surface area contributed by atoms with Crippen LogP contribution in [-0.4, -0.2) is 70.6 Å². The molecule has 0 saturated carbocycles. The summed E-state index contributed by atoms with van der Waals surface area (Å²) >= 11 is 0. The largest absolute Gasteiger partial charge is 0.480 e. The third-order valence-electron chi connectivity index (χ3n) is 3.68. The van der Waals surface area contributed by atoms with E-state index in [2.05, 4.69) is 10.6 Å². The van der Waals surface area contributed by atoms with Gasteiger partial charge < -0.3 is 31.1 Å². The van der Waals surface area contributed by atoms with Gasteiger partial charge in [0.15, 0.2) is 0 Å². The predicted octanol–water partition coefficient (Wildman–Crippen LogP) is -1.05. The maximum absolute atomic E-state index is 12.2. The number of carbonyl (C=O) groups is 5. The summed E-state index contributed by atoms with van der Waals surface area (Å²) in [6, 6.07) is -2.24. The van der Waals surface area contributed by atoms with Crippen LogP contribution in [-0.2, 0) is 23.9 Å². The second kappa shape index (κ2) is 9.19. The number of hydrogen-bond acceptors (Lipinski definition) is 6. The van der Waals surface area contributed by atoms with Crippen LogP contribution >= 0.6 is 0 Å². The zero-order valence-corrected chi connectivity index (χ0v) is 15.6. The highest BCUT2D eigenvalue weighted by atomic mass is 16.6. The molecule has 0 unspecified atom stereocenters. The average Bonchev–Trinajstić information content (AvgIpc) is 2.99. The second-order valence-electron chi connectivity index (χ2n) is 7.17. The number of alkyl carbamates (subject to hydrolysis) is 1. The number of amides is 4. The molecule has 11 heteroatoms. The number of carbonyl (C=O) groups excluding carboxylic acids is 4. The number of rotatable bonds is 7. The minimum absolute atomic E-state index is 0.284. The van der Waals surface area contributed by atoms with E-state index in [0.717, 1.165) is 0 Å². The van der Waals surface area contributed by atoms with Crippen molar-refractivity contribution < 1.29 is 33.8 Å². The van der Waals surface area contributed by atoms with Crippen molar-refractivity contribution in [3.63, 3.8) is 0 Å². The lowest BCUT2D eigenvalue weighted by Crippen LogP contribution is -2.52. The molecule has 1 aliphatic heterocycles. The fraction of sp³-hybridized carbons (Fsp3) is 0.688. The minimum atomic E-state index is -1.32. The molecule has 0 bridgehead atoms. The molecular weight excluding hydrogens is 360 g/mol. The molecule has 5 N–H and O–H groups in total. The van der Waals surface area contributed by atoms with Gasteiger partial charge in [-0.05, 0) is 33.6 Å². The molecule has 1 heterocycles. The standard InChI is InChI=1S/C16H26N4O7/c1-16(2,3)27-15(26)19-9(7-11(17)21)13(23)18-8-12(22)20-6-4-5-10(20)14(24)25/h9-10H,4-8H2,1-3H3,(H2,17,21)(H,18,23)(H,19,26)(H,24,25)/t9-,10-/m0/s1. The molecule has 4 amide bonds. The molecule has 0 aromatic carbocycles. The van der Waals surface area contributed by atoms with Crippen LogP contribution in [0.5, 0.6) is 0 Å². The van der Waals surface area contributed by atoms with E-state index in [1.807, 2.05) is 0 Å². The summed E-state index contributed by atoms with van der Waals surface area (Å²) in [5.74, 6) is -3.31. The smallest absolute Gasteiger partial charge is 0.408 e. The van der Waals surface area contributed by atoms with Gasteiger partial charge in [0.2, 0.25) is 17.7 Å². The Morgan fingerprint density at radius 1 is 1.26 bits per heavy atom. The molecule has 1 aliphatic rings. The van der Waals surface area contributed by atoms with Gasteiger partial charge in [-0.3, -0.25) is 14.4 Å². The van der Waals surface area contributed by atoms with Crippen molar-refractivity contribution in [3.8, 4) is 0 Å². The highest BCUT2D eigenvalue weighted by molar-refractivity contribution is 5.93. The molecular formula is C16H26N4O7. The minimum Gasteiger partial charge on any atom is -0.480 e. The van der Waals surface area contributed by atoms with E-state index in [1.54, 1.807) is 20.8 Å². The molecule has 2 atom stereocenters. The number of primary amides is 1. The summed E-state index contributed by atoms with van der Waals surface area (Å²) in [5.41, 5.74) is 4.28. The van der Waals surface area contributed by atoms with E-state index in [9.17, 15) is 24.0 Å². The molecule has 0 aromatic rings. The van der Waals surface area contributed by atoms with Gasteiger partial charge in [-0.25, -0.2) is 9.59 Å². The number of hydrogen-bond donors (Lipinski definition) is 4. The number of nitrogens with two attached hydrogens (primary N) is 1. The number of carboxylic acids is 1. The quantitative estimate of drug-likeness (QED) is 0.432. The fourth-order valence-electron chi connectivity index (χ4n) is 2.57. The van der Waals surface area contributed by atoms with E-state index in [4.69, 9.17) is 15.6 Å². The Morgan fingerprint density at radius 2 is 1.89 bits per heavy atom. The van der Waals surface area contributed by atoms with Crippen LogP contribution in [0.4, 0.5) is 4.79 Å². The molecule has 0 radical (unpaired) electrons. The van der Waals surface area contributed by atoms with Crippen molar-refractivity contribution in [2.45, 2.75) is 57.7 Å². The predicted molar refractivity (Wildman–Crippen MR) is 92.3 cm³/mol. The molecule has 1 saturated heterocycles. The molecule has 1 fully saturated rings. The molecule has 152 valence electrons. The van der Waals surface area contributed by atoms with Gasteiger partial charge in [-0.2, -0.15) is 0 Å². The van der Waals surface area contributed by atoms with Gasteiger partial charge in [0, 0.05) is 6.54 Å². The first-order valence-corrected chi connectivity index (χ1v) is 8.48. The Bertz CT molecular complexity index is 614. The van der Waals surface area contributed by atoms with Crippen molar-refractivity contribution in [1.29, 1.82) is 0 Å². The number of aliphatic carboxylic acids is 1. The van der Waals surface area contributed by atoms with Crippen LogP contribution in [0.1, 0.15) is 40.0 Å². The zero-order chi connectivity index (χ0) is 20.8. The molecule has 0 spiro atoms. The lowest BCUT2D eigenvalue weighted by atomic mass is 10.2. The lowest BCUT2D eigenvalue weighted by molar-refractivity contribution is -0.148. The first kappa shape index (κ1) is 22.2. The van der Waals surface area contributed by atoms with E-state index < -0.39 is 60.4 Å². The summed E-state index contributed by atoms with van der Waals surface area (Å²) < 4.78 is 5.02. The van der Waals surface area contributed by atoms with Crippen LogP contribution in [0.15, 0.2) is 0 Å². The van der Waals surface area contributed by atoms with Gasteiger partial charge in [0.25, 0.3) is 0 Å². The first-order chi connectivity index (χ1) is 12.4. The maximum atomic E-state index is 12.2. The van der Waals surface area contributed by atoms with E-state index in [-0.39, 0.29) is 6.54 Å².